The molecule has 0 amide bonds. The van der Waals surface area contributed by atoms with Crippen LogP contribution in [0.3, 0.4) is 0 Å². The van der Waals surface area contributed by atoms with Crippen LogP contribution in [0.1, 0.15) is 37.0 Å². The minimum absolute atomic E-state index is 0.149. The molecule has 1 heterocycles. The van der Waals surface area contributed by atoms with Crippen LogP contribution in [0.5, 0.6) is 11.5 Å². The first-order valence-corrected chi connectivity index (χ1v) is 13.1. The summed E-state index contributed by atoms with van der Waals surface area (Å²) in [5.74, 6) is 4.38. The first-order chi connectivity index (χ1) is 15.4. The van der Waals surface area contributed by atoms with E-state index in [1.165, 1.54) is 35.7 Å². The van der Waals surface area contributed by atoms with Crippen molar-refractivity contribution in [2.45, 2.75) is 38.7 Å². The summed E-state index contributed by atoms with van der Waals surface area (Å²) in [6.45, 7) is 11.0. The van der Waals surface area contributed by atoms with Crippen LogP contribution in [0.15, 0.2) is 42.5 Å². The zero-order valence-electron chi connectivity index (χ0n) is 19.5. The molecule has 0 aromatic heterocycles. The predicted octanol–water partition coefficient (Wildman–Crippen LogP) is 5.12. The van der Waals surface area contributed by atoms with Crippen molar-refractivity contribution >= 4 is 23.4 Å². The van der Waals surface area contributed by atoms with Gasteiger partial charge in [-0.1, -0.05) is 38.1 Å². The van der Waals surface area contributed by atoms with Crippen molar-refractivity contribution in [3.63, 3.8) is 0 Å². The molecule has 32 heavy (non-hydrogen) atoms. The molecule has 1 aliphatic heterocycles. The monoisotopic (exact) mass is 477 g/mol. The number of nitrogens with zero attached hydrogens (tertiary/aromatic N) is 1. The molecule has 0 spiro atoms. The molecule has 1 unspecified atom stereocenters. The third-order valence-corrected chi connectivity index (χ3v) is 7.37. The fourth-order valence-electron chi connectivity index (χ4n) is 3.87. The number of benzene rings is 2. The van der Waals surface area contributed by atoms with E-state index in [-0.39, 0.29) is 17.9 Å². The van der Waals surface area contributed by atoms with E-state index in [9.17, 15) is 5.11 Å². The molecule has 176 valence electrons. The minimum Gasteiger partial charge on any atom is -0.494 e. The Morgan fingerprint density at radius 2 is 1.75 bits per heavy atom. The van der Waals surface area contributed by atoms with Gasteiger partial charge in [0, 0.05) is 36.6 Å². The van der Waals surface area contributed by atoms with Gasteiger partial charge in [-0.2, -0.15) is 11.8 Å². The smallest absolute Gasteiger partial charge is 0.122 e. The van der Waals surface area contributed by atoms with Crippen LogP contribution < -0.4 is 9.47 Å². The molecule has 1 aliphatic rings. The summed E-state index contributed by atoms with van der Waals surface area (Å²) in [6.07, 6.45) is 0.407. The van der Waals surface area contributed by atoms with Gasteiger partial charge in [0.2, 0.25) is 0 Å². The number of alkyl halides is 1. The topological polar surface area (TPSA) is 41.9 Å². The van der Waals surface area contributed by atoms with Crippen LogP contribution in [-0.2, 0) is 5.41 Å². The Kier molecular flexibility index (Phi) is 9.60. The largest absolute Gasteiger partial charge is 0.494 e. The molecular weight excluding hydrogens is 442 g/mol. The van der Waals surface area contributed by atoms with Crippen molar-refractivity contribution in [2.75, 3.05) is 50.2 Å². The zero-order chi connectivity index (χ0) is 23.0. The third-order valence-electron chi connectivity index (χ3n) is 6.07. The van der Waals surface area contributed by atoms with E-state index in [4.69, 9.17) is 21.1 Å². The van der Waals surface area contributed by atoms with E-state index in [1.807, 2.05) is 24.8 Å². The summed E-state index contributed by atoms with van der Waals surface area (Å²) in [5.41, 5.74) is 3.35. The van der Waals surface area contributed by atoms with Crippen molar-refractivity contribution in [2.24, 2.45) is 0 Å². The fraction of sp³-hybridized carbons (Fsp3) is 0.538. The molecular formula is C26H36ClNO3S. The molecule has 1 N–H and O–H groups in total. The Morgan fingerprint density at radius 3 is 2.41 bits per heavy atom. The van der Waals surface area contributed by atoms with E-state index in [0.29, 0.717) is 0 Å². The van der Waals surface area contributed by atoms with Crippen LogP contribution in [0.2, 0.25) is 0 Å². The predicted molar refractivity (Wildman–Crippen MR) is 136 cm³/mol. The van der Waals surface area contributed by atoms with Crippen LogP contribution in [0, 0.1) is 6.92 Å². The first-order valence-electron chi connectivity index (χ1n) is 11.4. The second-order valence-electron chi connectivity index (χ2n) is 8.90. The Hall–Kier alpha value is -1.40. The van der Waals surface area contributed by atoms with Gasteiger partial charge in [-0.15, -0.1) is 11.6 Å². The number of aryl methyl sites for hydroxylation is 1. The highest BCUT2D eigenvalue weighted by Gasteiger charge is 2.24. The molecule has 2 aromatic rings. The maximum Gasteiger partial charge on any atom is 0.122 e. The summed E-state index contributed by atoms with van der Waals surface area (Å²) >= 11 is 7.70. The van der Waals surface area contributed by atoms with E-state index >= 15 is 0 Å². The van der Waals surface area contributed by atoms with E-state index in [0.717, 1.165) is 36.6 Å². The highest BCUT2D eigenvalue weighted by atomic mass is 35.5. The van der Waals surface area contributed by atoms with E-state index in [1.54, 1.807) is 0 Å². The normalized spacial score (nSPS) is 16.0. The molecule has 0 radical (unpaired) electrons. The van der Waals surface area contributed by atoms with Gasteiger partial charge in [0.1, 0.15) is 24.2 Å². The maximum atomic E-state index is 9.62. The summed E-state index contributed by atoms with van der Waals surface area (Å²) in [7, 11) is 0. The maximum absolute atomic E-state index is 9.62. The second-order valence-corrected chi connectivity index (χ2v) is 10.4. The number of rotatable bonds is 11. The Balaban J connectivity index is 1.55. The molecule has 1 fully saturated rings. The number of aliphatic hydroxyl groups excluding tert-OH is 1. The average Bonchev–Trinajstić information content (AvgIpc) is 2.81. The van der Waals surface area contributed by atoms with Gasteiger partial charge in [-0.3, -0.25) is 0 Å². The van der Waals surface area contributed by atoms with Gasteiger partial charge in [0.05, 0.1) is 12.5 Å². The number of thioether (sulfide) groups is 1. The first kappa shape index (κ1) is 25.2. The standard InChI is InChI=1S/C26H36ClNO3S/c1-20-17-22(7-10-25(20)31-19-23(29)18-27)26(2,3)21-5-8-24(9-6-21)30-14-4-11-28-12-15-32-16-13-28/h5-10,17,23,29H,4,11-16,18-19H2,1-3H3. The molecule has 1 atom stereocenters. The molecule has 0 saturated carbocycles. The Bertz CT molecular complexity index is 837. The lowest BCUT2D eigenvalue weighted by Crippen LogP contribution is -2.33. The van der Waals surface area contributed by atoms with Gasteiger partial charge in [0.25, 0.3) is 0 Å². The van der Waals surface area contributed by atoms with Crippen LogP contribution in [-0.4, -0.2) is 66.3 Å². The van der Waals surface area contributed by atoms with Crippen LogP contribution in [0.4, 0.5) is 0 Å². The van der Waals surface area contributed by atoms with Crippen molar-refractivity contribution in [1.82, 2.24) is 4.90 Å². The number of hydrogen-bond acceptors (Lipinski definition) is 5. The summed E-state index contributed by atoms with van der Waals surface area (Å²) < 4.78 is 11.7. The van der Waals surface area contributed by atoms with Gasteiger partial charge in [-0.25, -0.2) is 0 Å². The van der Waals surface area contributed by atoms with Crippen molar-refractivity contribution < 1.29 is 14.6 Å². The second kappa shape index (κ2) is 12.2. The van der Waals surface area contributed by atoms with Gasteiger partial charge < -0.3 is 19.5 Å². The molecule has 6 heteroatoms. The quantitative estimate of drug-likeness (QED) is 0.359. The van der Waals surface area contributed by atoms with Gasteiger partial charge >= 0.3 is 0 Å². The lowest BCUT2D eigenvalue weighted by atomic mass is 9.77. The summed E-state index contributed by atoms with van der Waals surface area (Å²) in [5, 5.41) is 9.62. The molecule has 3 rings (SSSR count). The molecule has 2 aromatic carbocycles. The number of hydrogen-bond donors (Lipinski definition) is 1. The highest BCUT2D eigenvalue weighted by molar-refractivity contribution is 7.99. The van der Waals surface area contributed by atoms with Crippen molar-refractivity contribution in [3.05, 3.63) is 59.2 Å². The molecule has 4 nitrogen and oxygen atoms in total. The van der Waals surface area contributed by atoms with E-state index in [2.05, 4.69) is 55.1 Å². The number of aliphatic hydroxyl groups is 1. The lowest BCUT2D eigenvalue weighted by molar-refractivity contribution is 0.125. The highest BCUT2D eigenvalue weighted by Crippen LogP contribution is 2.34. The van der Waals surface area contributed by atoms with Gasteiger partial charge in [-0.05, 0) is 48.2 Å². The van der Waals surface area contributed by atoms with E-state index < -0.39 is 6.10 Å². The number of halogens is 1. The number of ether oxygens (including phenoxy) is 2. The fourth-order valence-corrected chi connectivity index (χ4v) is 4.94. The van der Waals surface area contributed by atoms with Crippen LogP contribution >= 0.6 is 23.4 Å². The SMILES string of the molecule is Cc1cc(C(C)(C)c2ccc(OCCCN3CCSCC3)cc2)ccc1OCC(O)CCl. The lowest BCUT2D eigenvalue weighted by Gasteiger charge is -2.27. The average molecular weight is 478 g/mol. The molecule has 0 aliphatic carbocycles. The Labute approximate surface area is 202 Å². The minimum atomic E-state index is -0.656. The zero-order valence-corrected chi connectivity index (χ0v) is 21.1. The summed E-state index contributed by atoms with van der Waals surface area (Å²) in [6, 6.07) is 14.7. The van der Waals surface area contributed by atoms with Crippen molar-refractivity contribution in [1.29, 1.82) is 0 Å². The molecule has 1 saturated heterocycles. The molecule has 0 bridgehead atoms. The Morgan fingerprint density at radius 1 is 1.06 bits per heavy atom. The van der Waals surface area contributed by atoms with Gasteiger partial charge in [0.15, 0.2) is 0 Å². The van der Waals surface area contributed by atoms with Crippen molar-refractivity contribution in [3.8, 4) is 11.5 Å². The summed E-state index contributed by atoms with van der Waals surface area (Å²) in [4.78, 5) is 2.53. The van der Waals surface area contributed by atoms with Crippen LogP contribution in [0.25, 0.3) is 0 Å². The third kappa shape index (κ3) is 7.05.